The molecule has 0 aromatic heterocycles. The highest BCUT2D eigenvalue weighted by molar-refractivity contribution is 5.91. The van der Waals surface area contributed by atoms with E-state index in [4.69, 9.17) is 0 Å². The van der Waals surface area contributed by atoms with E-state index in [1.54, 1.807) is 6.08 Å². The molecule has 0 amide bonds. The largest absolute Gasteiger partial charge is 0.295 e. The molecule has 72 valence electrons. The first-order chi connectivity index (χ1) is 6.06. The van der Waals surface area contributed by atoms with E-state index in [1.807, 2.05) is 0 Å². The predicted molar refractivity (Wildman–Crippen MR) is 53.4 cm³/mol. The van der Waals surface area contributed by atoms with Crippen molar-refractivity contribution in [3.8, 4) is 0 Å². The second kappa shape index (κ2) is 2.70. The van der Waals surface area contributed by atoms with Crippen molar-refractivity contribution in [1.82, 2.24) is 0 Å². The number of ketones is 1. The van der Waals surface area contributed by atoms with Crippen molar-refractivity contribution in [2.75, 3.05) is 0 Å². The summed E-state index contributed by atoms with van der Waals surface area (Å²) in [6, 6.07) is 0. The van der Waals surface area contributed by atoms with Gasteiger partial charge in [0, 0.05) is 6.42 Å². The lowest BCUT2D eigenvalue weighted by atomic mass is 9.54. The Hall–Kier alpha value is -0.590. The maximum absolute atomic E-state index is 11.4. The minimum atomic E-state index is 0.247. The maximum Gasteiger partial charge on any atom is 0.155 e. The van der Waals surface area contributed by atoms with Crippen molar-refractivity contribution in [2.45, 2.75) is 46.0 Å². The number of rotatable bonds is 0. The van der Waals surface area contributed by atoms with Crippen LogP contribution in [-0.4, -0.2) is 5.78 Å². The van der Waals surface area contributed by atoms with Gasteiger partial charge in [0.15, 0.2) is 5.78 Å². The molecule has 0 saturated heterocycles. The lowest BCUT2D eigenvalue weighted by molar-refractivity contribution is -0.120. The van der Waals surface area contributed by atoms with E-state index in [-0.39, 0.29) is 5.41 Å². The second-order valence-corrected chi connectivity index (χ2v) is 5.16. The molecule has 0 unspecified atom stereocenters. The van der Waals surface area contributed by atoms with Gasteiger partial charge in [-0.2, -0.15) is 0 Å². The lowest BCUT2D eigenvalue weighted by Gasteiger charge is -2.50. The van der Waals surface area contributed by atoms with E-state index in [1.165, 1.54) is 25.7 Å². The van der Waals surface area contributed by atoms with Gasteiger partial charge in [-0.3, -0.25) is 4.79 Å². The molecule has 1 saturated carbocycles. The zero-order valence-corrected chi connectivity index (χ0v) is 8.60. The average Bonchev–Trinajstić information content (AvgIpc) is 2.07. The molecule has 0 aromatic carbocycles. The van der Waals surface area contributed by atoms with Gasteiger partial charge >= 0.3 is 0 Å². The number of fused-ring (bicyclic) bond motifs is 1. The summed E-state index contributed by atoms with van der Waals surface area (Å²) in [6.45, 7) is 4.60. The summed E-state index contributed by atoms with van der Waals surface area (Å²) >= 11 is 0. The van der Waals surface area contributed by atoms with E-state index < -0.39 is 0 Å². The summed E-state index contributed by atoms with van der Waals surface area (Å²) < 4.78 is 0. The van der Waals surface area contributed by atoms with E-state index in [2.05, 4.69) is 19.9 Å². The Labute approximate surface area is 80.2 Å². The molecule has 0 radical (unpaired) electrons. The van der Waals surface area contributed by atoms with E-state index in [9.17, 15) is 4.79 Å². The Balaban J connectivity index is 2.36. The molecule has 2 aliphatic rings. The van der Waals surface area contributed by atoms with Gasteiger partial charge in [-0.1, -0.05) is 32.8 Å². The Morgan fingerprint density at radius 2 is 1.92 bits per heavy atom. The molecule has 0 bridgehead atoms. The van der Waals surface area contributed by atoms with Gasteiger partial charge in [0.05, 0.1) is 0 Å². The quantitative estimate of drug-likeness (QED) is 0.557. The number of carbonyl (C=O) groups excluding carboxylic acids is 1. The average molecular weight is 178 g/mol. The van der Waals surface area contributed by atoms with Crippen LogP contribution in [0, 0.1) is 10.8 Å². The molecule has 1 fully saturated rings. The van der Waals surface area contributed by atoms with Gasteiger partial charge in [-0.05, 0) is 29.7 Å². The van der Waals surface area contributed by atoms with Crippen LogP contribution >= 0.6 is 0 Å². The molecular formula is C12H18O. The number of hydrogen-bond acceptors (Lipinski definition) is 1. The maximum atomic E-state index is 11.4. The fourth-order valence-corrected chi connectivity index (χ4v) is 2.89. The minimum Gasteiger partial charge on any atom is -0.295 e. The van der Waals surface area contributed by atoms with Gasteiger partial charge in [0.25, 0.3) is 0 Å². The summed E-state index contributed by atoms with van der Waals surface area (Å²) in [5, 5.41) is 0. The molecule has 0 aromatic rings. The van der Waals surface area contributed by atoms with E-state index in [0.717, 1.165) is 6.42 Å². The smallest absolute Gasteiger partial charge is 0.155 e. The van der Waals surface area contributed by atoms with Crippen LogP contribution in [0.2, 0.25) is 0 Å². The molecule has 0 N–H and O–H groups in total. The highest BCUT2D eigenvalue weighted by Gasteiger charge is 2.47. The molecule has 13 heavy (non-hydrogen) atoms. The summed E-state index contributed by atoms with van der Waals surface area (Å²) in [6.07, 6.45) is 9.83. The lowest BCUT2D eigenvalue weighted by Crippen LogP contribution is -2.42. The first-order valence-corrected chi connectivity index (χ1v) is 5.28. The van der Waals surface area contributed by atoms with Crippen LogP contribution in [-0.2, 0) is 4.79 Å². The fraction of sp³-hybridized carbons (Fsp3) is 0.750. The Kier molecular flexibility index (Phi) is 1.86. The zero-order chi connectivity index (χ0) is 9.53. The van der Waals surface area contributed by atoms with Crippen LogP contribution < -0.4 is 0 Å². The molecule has 2 aliphatic carbocycles. The number of allylic oxidation sites excluding steroid dienone is 2. The summed E-state index contributed by atoms with van der Waals surface area (Å²) in [5.41, 5.74) is 0.538. The summed E-state index contributed by atoms with van der Waals surface area (Å²) in [7, 11) is 0. The van der Waals surface area contributed by atoms with E-state index in [0.29, 0.717) is 11.2 Å². The molecular weight excluding hydrogens is 160 g/mol. The van der Waals surface area contributed by atoms with Crippen LogP contribution in [0.5, 0.6) is 0 Å². The Morgan fingerprint density at radius 3 is 2.69 bits per heavy atom. The van der Waals surface area contributed by atoms with Crippen LogP contribution in [0.15, 0.2) is 12.2 Å². The fourth-order valence-electron chi connectivity index (χ4n) is 2.89. The molecule has 1 heteroatoms. The molecule has 0 spiro atoms. The van der Waals surface area contributed by atoms with Crippen molar-refractivity contribution >= 4 is 5.78 Å². The molecule has 0 aliphatic heterocycles. The van der Waals surface area contributed by atoms with Crippen LogP contribution in [0.3, 0.4) is 0 Å². The summed E-state index contributed by atoms with van der Waals surface area (Å²) in [5.74, 6) is 0.321. The Morgan fingerprint density at radius 1 is 1.23 bits per heavy atom. The summed E-state index contributed by atoms with van der Waals surface area (Å²) in [4.78, 5) is 11.4. The van der Waals surface area contributed by atoms with Crippen LogP contribution in [0.25, 0.3) is 0 Å². The zero-order valence-electron chi connectivity index (χ0n) is 8.60. The van der Waals surface area contributed by atoms with Crippen molar-refractivity contribution in [3.63, 3.8) is 0 Å². The van der Waals surface area contributed by atoms with Crippen molar-refractivity contribution < 1.29 is 4.79 Å². The Bertz CT molecular complexity index is 266. The van der Waals surface area contributed by atoms with Gasteiger partial charge in [0.2, 0.25) is 0 Å². The second-order valence-electron chi connectivity index (χ2n) is 5.16. The van der Waals surface area contributed by atoms with Crippen LogP contribution in [0.1, 0.15) is 46.0 Å². The van der Waals surface area contributed by atoms with E-state index >= 15 is 0 Å². The third kappa shape index (κ3) is 1.25. The standard InChI is InChI=1S/C12H18O/c1-11-6-3-4-7-12(11,2)9-10(13)5-8-11/h5,8H,3-4,6-7,9H2,1-2H3/t11-,12+/m0/s1. The molecule has 0 heterocycles. The molecule has 2 rings (SSSR count). The van der Waals surface area contributed by atoms with Gasteiger partial charge in [0.1, 0.15) is 0 Å². The molecule has 1 nitrogen and oxygen atoms in total. The third-order valence-electron chi connectivity index (χ3n) is 4.25. The monoisotopic (exact) mass is 178 g/mol. The molecule has 2 atom stereocenters. The van der Waals surface area contributed by atoms with Crippen molar-refractivity contribution in [3.05, 3.63) is 12.2 Å². The predicted octanol–water partition coefficient (Wildman–Crippen LogP) is 3.10. The number of hydrogen-bond donors (Lipinski definition) is 0. The van der Waals surface area contributed by atoms with Crippen molar-refractivity contribution in [2.24, 2.45) is 10.8 Å². The van der Waals surface area contributed by atoms with Crippen LogP contribution in [0.4, 0.5) is 0 Å². The highest BCUT2D eigenvalue weighted by Crippen LogP contribution is 2.55. The van der Waals surface area contributed by atoms with Gasteiger partial charge in [-0.15, -0.1) is 0 Å². The first-order valence-electron chi connectivity index (χ1n) is 5.28. The first kappa shape index (κ1) is 8.98. The van der Waals surface area contributed by atoms with Gasteiger partial charge < -0.3 is 0 Å². The van der Waals surface area contributed by atoms with Gasteiger partial charge in [-0.25, -0.2) is 0 Å². The normalized spacial score (nSPS) is 44.6. The third-order valence-corrected chi connectivity index (χ3v) is 4.25. The number of carbonyl (C=O) groups is 1. The highest BCUT2D eigenvalue weighted by atomic mass is 16.1. The topological polar surface area (TPSA) is 17.1 Å². The van der Waals surface area contributed by atoms with Crippen molar-refractivity contribution in [1.29, 1.82) is 0 Å². The minimum absolute atomic E-state index is 0.247. The SMILES string of the molecule is C[C@]12CCCC[C@@]1(C)C=CC(=O)C2.